The summed E-state index contributed by atoms with van der Waals surface area (Å²) in [4.78, 5) is 5.22. The lowest BCUT2D eigenvalue weighted by Gasteiger charge is -2.40. The number of nitrogens with one attached hydrogen (secondary N) is 1. The summed E-state index contributed by atoms with van der Waals surface area (Å²) in [5.74, 6) is 0. The molecule has 1 aliphatic heterocycles. The molecular weight excluding hydrogens is 174 g/mol. The van der Waals surface area contributed by atoms with Gasteiger partial charge in [0.1, 0.15) is 0 Å². The molecule has 0 aromatic heterocycles. The fraction of sp³-hybridized carbons (Fsp3) is 1.00. The Kier molecular flexibility index (Phi) is 3.42. The molecule has 0 aromatic rings. The van der Waals surface area contributed by atoms with Crippen molar-refractivity contribution in [2.24, 2.45) is 0 Å². The zero-order valence-electron chi connectivity index (χ0n) is 9.50. The smallest absolute Gasteiger partial charge is 0.0238 e. The van der Waals surface area contributed by atoms with E-state index < -0.39 is 0 Å². The van der Waals surface area contributed by atoms with Crippen LogP contribution in [-0.2, 0) is 0 Å². The monoisotopic (exact) mass is 197 g/mol. The Balaban J connectivity index is 1.85. The molecule has 1 N–H and O–H groups in total. The third kappa shape index (κ3) is 2.47. The van der Waals surface area contributed by atoms with Crippen LogP contribution < -0.4 is 5.32 Å². The first-order valence-corrected chi connectivity index (χ1v) is 5.90. The van der Waals surface area contributed by atoms with Crippen molar-refractivity contribution in [3.63, 3.8) is 0 Å². The lowest BCUT2D eigenvalue weighted by molar-refractivity contribution is 0.0783. The number of hydrogen-bond acceptors (Lipinski definition) is 3. The number of rotatable bonds is 4. The number of hydrogen-bond donors (Lipinski definition) is 1. The van der Waals surface area contributed by atoms with Crippen LogP contribution in [0.2, 0.25) is 0 Å². The van der Waals surface area contributed by atoms with Crippen molar-refractivity contribution in [1.82, 2.24) is 15.1 Å². The van der Waals surface area contributed by atoms with Gasteiger partial charge in [-0.1, -0.05) is 0 Å². The maximum absolute atomic E-state index is 3.26. The highest BCUT2D eigenvalue weighted by Gasteiger charge is 2.35. The van der Waals surface area contributed by atoms with Gasteiger partial charge in [-0.2, -0.15) is 0 Å². The Hall–Kier alpha value is -0.120. The highest BCUT2D eigenvalue weighted by molar-refractivity contribution is 4.92. The van der Waals surface area contributed by atoms with Crippen LogP contribution in [0.4, 0.5) is 0 Å². The van der Waals surface area contributed by atoms with Gasteiger partial charge in [0, 0.05) is 31.7 Å². The van der Waals surface area contributed by atoms with E-state index in [0.29, 0.717) is 0 Å². The van der Waals surface area contributed by atoms with E-state index in [9.17, 15) is 0 Å². The van der Waals surface area contributed by atoms with Crippen LogP contribution in [0.1, 0.15) is 19.3 Å². The summed E-state index contributed by atoms with van der Waals surface area (Å²) >= 11 is 0. The Bertz CT molecular complexity index is 179. The van der Waals surface area contributed by atoms with Gasteiger partial charge in [0.25, 0.3) is 0 Å². The van der Waals surface area contributed by atoms with Crippen molar-refractivity contribution in [3.05, 3.63) is 0 Å². The Labute approximate surface area is 87.4 Å². The second kappa shape index (κ2) is 4.60. The van der Waals surface area contributed by atoms with E-state index >= 15 is 0 Å². The molecule has 14 heavy (non-hydrogen) atoms. The molecule has 3 heteroatoms. The second-order valence-corrected chi connectivity index (χ2v) is 4.78. The molecular formula is C11H23N3. The van der Waals surface area contributed by atoms with Gasteiger partial charge < -0.3 is 10.2 Å². The molecule has 3 nitrogen and oxygen atoms in total. The highest BCUT2D eigenvalue weighted by atomic mass is 15.3. The molecule has 0 bridgehead atoms. The molecule has 1 saturated carbocycles. The van der Waals surface area contributed by atoms with Gasteiger partial charge in [0.05, 0.1) is 0 Å². The summed E-state index contributed by atoms with van der Waals surface area (Å²) in [6, 6.07) is 1.74. The summed E-state index contributed by atoms with van der Waals surface area (Å²) in [7, 11) is 4.30. The van der Waals surface area contributed by atoms with Crippen LogP contribution in [0.5, 0.6) is 0 Å². The first-order valence-electron chi connectivity index (χ1n) is 5.90. The third-order valence-electron chi connectivity index (χ3n) is 3.47. The molecule has 1 saturated heterocycles. The quantitative estimate of drug-likeness (QED) is 0.703. The van der Waals surface area contributed by atoms with Crippen molar-refractivity contribution >= 4 is 0 Å². The molecule has 0 radical (unpaired) electrons. The van der Waals surface area contributed by atoms with E-state index in [1.807, 2.05) is 7.05 Å². The Morgan fingerprint density at radius 2 is 2.07 bits per heavy atom. The Morgan fingerprint density at radius 1 is 1.29 bits per heavy atom. The first-order chi connectivity index (χ1) is 6.81. The summed E-state index contributed by atoms with van der Waals surface area (Å²) in [6.07, 6.45) is 4.19. The average Bonchev–Trinajstić information content (AvgIpc) is 2.98. The minimum Gasteiger partial charge on any atom is -0.320 e. The largest absolute Gasteiger partial charge is 0.320 e. The Morgan fingerprint density at radius 3 is 2.71 bits per heavy atom. The van der Waals surface area contributed by atoms with Gasteiger partial charge in [-0.25, -0.2) is 0 Å². The standard InChI is InChI=1S/C11H23N3/c1-12-6-5-11-9-13(2)7-8-14(11)10-3-4-10/h10-12H,3-9H2,1-2H3. The third-order valence-corrected chi connectivity index (χ3v) is 3.47. The van der Waals surface area contributed by atoms with Crippen LogP contribution >= 0.6 is 0 Å². The van der Waals surface area contributed by atoms with Gasteiger partial charge in [0.2, 0.25) is 0 Å². The SMILES string of the molecule is CNCCC1CN(C)CCN1C1CC1. The molecule has 2 rings (SSSR count). The van der Waals surface area contributed by atoms with Crippen molar-refractivity contribution in [2.75, 3.05) is 40.3 Å². The van der Waals surface area contributed by atoms with Crippen LogP contribution in [0, 0.1) is 0 Å². The van der Waals surface area contributed by atoms with Gasteiger partial charge in [-0.15, -0.1) is 0 Å². The maximum Gasteiger partial charge on any atom is 0.0238 e. The van der Waals surface area contributed by atoms with Crippen LogP contribution in [0.25, 0.3) is 0 Å². The van der Waals surface area contributed by atoms with Gasteiger partial charge >= 0.3 is 0 Å². The minimum atomic E-state index is 0.800. The zero-order chi connectivity index (χ0) is 9.97. The molecule has 2 fully saturated rings. The highest BCUT2D eigenvalue weighted by Crippen LogP contribution is 2.30. The average molecular weight is 197 g/mol. The predicted molar refractivity (Wildman–Crippen MR) is 59.6 cm³/mol. The van der Waals surface area contributed by atoms with E-state index in [4.69, 9.17) is 0 Å². The molecule has 0 aromatic carbocycles. The summed E-state index contributed by atoms with van der Waals surface area (Å²) in [5, 5.41) is 3.26. The fourth-order valence-corrected chi connectivity index (χ4v) is 2.48. The predicted octanol–water partition coefficient (Wildman–Crippen LogP) is 0.374. The number of nitrogens with zero attached hydrogens (tertiary/aromatic N) is 2. The van der Waals surface area contributed by atoms with Crippen molar-refractivity contribution in [2.45, 2.75) is 31.3 Å². The fourth-order valence-electron chi connectivity index (χ4n) is 2.48. The minimum absolute atomic E-state index is 0.800. The van der Waals surface area contributed by atoms with E-state index in [1.165, 1.54) is 38.9 Å². The summed E-state index contributed by atoms with van der Waals surface area (Å²) < 4.78 is 0. The van der Waals surface area contributed by atoms with E-state index in [1.54, 1.807) is 0 Å². The van der Waals surface area contributed by atoms with E-state index in [0.717, 1.165) is 18.6 Å². The van der Waals surface area contributed by atoms with Gasteiger partial charge in [-0.05, 0) is 39.9 Å². The lowest BCUT2D eigenvalue weighted by Crippen LogP contribution is -2.53. The van der Waals surface area contributed by atoms with Crippen molar-refractivity contribution in [3.8, 4) is 0 Å². The molecule has 82 valence electrons. The molecule has 0 spiro atoms. The summed E-state index contributed by atoms with van der Waals surface area (Å²) in [6.45, 7) is 4.96. The van der Waals surface area contributed by atoms with E-state index in [-0.39, 0.29) is 0 Å². The summed E-state index contributed by atoms with van der Waals surface area (Å²) in [5.41, 5.74) is 0. The van der Waals surface area contributed by atoms with Crippen molar-refractivity contribution in [1.29, 1.82) is 0 Å². The maximum atomic E-state index is 3.26. The van der Waals surface area contributed by atoms with Crippen molar-refractivity contribution < 1.29 is 0 Å². The molecule has 1 atom stereocenters. The van der Waals surface area contributed by atoms with Gasteiger partial charge in [0.15, 0.2) is 0 Å². The number of piperazine rings is 1. The van der Waals surface area contributed by atoms with Gasteiger partial charge in [-0.3, -0.25) is 4.90 Å². The molecule has 1 aliphatic carbocycles. The lowest BCUT2D eigenvalue weighted by atomic mass is 10.1. The molecule has 2 aliphatic rings. The molecule has 1 unspecified atom stereocenters. The molecule has 0 amide bonds. The van der Waals surface area contributed by atoms with Crippen LogP contribution in [0.3, 0.4) is 0 Å². The topological polar surface area (TPSA) is 18.5 Å². The van der Waals surface area contributed by atoms with Crippen LogP contribution in [-0.4, -0.2) is 62.2 Å². The normalized spacial score (nSPS) is 30.9. The second-order valence-electron chi connectivity index (χ2n) is 4.78. The first kappa shape index (κ1) is 10.4. The zero-order valence-corrected chi connectivity index (χ0v) is 9.50. The number of likely N-dealkylation sites (N-methyl/N-ethyl adjacent to an activating group) is 1. The molecule has 1 heterocycles. The van der Waals surface area contributed by atoms with E-state index in [2.05, 4.69) is 22.2 Å². The van der Waals surface area contributed by atoms with Crippen LogP contribution in [0.15, 0.2) is 0 Å².